The number of carbonyl (C=O) groups is 2. The molecular weight excluding hydrogens is 438 g/mol. The van der Waals surface area contributed by atoms with Gasteiger partial charge in [-0.25, -0.2) is 4.79 Å². The van der Waals surface area contributed by atoms with E-state index in [2.05, 4.69) is 22.0 Å². The van der Waals surface area contributed by atoms with Crippen LogP contribution < -0.4 is 5.32 Å². The molecule has 2 aliphatic rings. The second kappa shape index (κ2) is 9.70. The first kappa shape index (κ1) is 23.4. The lowest BCUT2D eigenvalue weighted by Crippen LogP contribution is -2.33. The first-order chi connectivity index (χ1) is 16.9. The molecule has 3 aromatic rings. The number of likely N-dealkylation sites (N-methyl/N-ethyl adjacent to an activating group) is 1. The third-order valence-corrected chi connectivity index (χ3v) is 7.37. The second-order valence-corrected chi connectivity index (χ2v) is 10.0. The number of hydrogen-bond donors (Lipinski definition) is 2. The number of benzene rings is 2. The lowest BCUT2D eigenvalue weighted by molar-refractivity contribution is -0.117. The Bertz CT molecular complexity index is 1310. The Kier molecular flexibility index (Phi) is 6.48. The van der Waals surface area contributed by atoms with E-state index < -0.39 is 5.97 Å². The Hall–Kier alpha value is -3.38. The van der Waals surface area contributed by atoms with E-state index in [4.69, 9.17) is 0 Å². The van der Waals surface area contributed by atoms with E-state index in [-0.39, 0.29) is 11.5 Å². The Morgan fingerprint density at radius 1 is 1.09 bits per heavy atom. The standard InChI is InChI=1S/C29H33N3O3/c1-31(2)15-14-30-28(33)22-16-20-10-6-7-11-23(20)27-26(19-8-4-3-5-9-19)24-13-12-21(29(34)35)17-25(24)32(27)18-22/h6-7,10-13,16-17,19H,3-5,8-9,14-15,18H2,1-2H3,(H,30,33)(H,34,35). The lowest BCUT2D eigenvalue weighted by atomic mass is 9.81. The van der Waals surface area contributed by atoms with Gasteiger partial charge < -0.3 is 19.9 Å². The number of rotatable bonds is 6. The average molecular weight is 472 g/mol. The van der Waals surface area contributed by atoms with Gasteiger partial charge in [0, 0.05) is 35.1 Å². The number of nitrogens with one attached hydrogen (secondary N) is 1. The lowest BCUT2D eigenvalue weighted by Gasteiger charge is -2.24. The molecule has 1 aliphatic carbocycles. The molecule has 2 aromatic carbocycles. The summed E-state index contributed by atoms with van der Waals surface area (Å²) in [6.07, 6.45) is 7.97. The van der Waals surface area contributed by atoms with Gasteiger partial charge in [0.25, 0.3) is 0 Å². The molecule has 1 amide bonds. The number of hydrogen-bond acceptors (Lipinski definition) is 3. The molecule has 5 rings (SSSR count). The number of amides is 1. The summed E-state index contributed by atoms with van der Waals surface area (Å²) in [4.78, 5) is 27.2. The molecule has 0 atom stereocenters. The summed E-state index contributed by atoms with van der Waals surface area (Å²) < 4.78 is 2.19. The van der Waals surface area contributed by atoms with Crippen molar-refractivity contribution in [3.63, 3.8) is 0 Å². The Morgan fingerprint density at radius 3 is 2.60 bits per heavy atom. The van der Waals surface area contributed by atoms with Gasteiger partial charge >= 0.3 is 5.97 Å². The van der Waals surface area contributed by atoms with Gasteiger partial charge in [0.15, 0.2) is 0 Å². The average Bonchev–Trinajstić information content (AvgIpc) is 3.06. The molecule has 0 spiro atoms. The molecule has 1 aromatic heterocycles. The maximum Gasteiger partial charge on any atom is 0.335 e. The van der Waals surface area contributed by atoms with Crippen molar-refractivity contribution in [3.8, 4) is 11.3 Å². The molecule has 0 radical (unpaired) electrons. The van der Waals surface area contributed by atoms with E-state index in [1.165, 1.54) is 24.8 Å². The molecule has 0 saturated heterocycles. The second-order valence-electron chi connectivity index (χ2n) is 10.0. The van der Waals surface area contributed by atoms with Crippen LogP contribution in [0.2, 0.25) is 0 Å². The van der Waals surface area contributed by atoms with Gasteiger partial charge in [-0.05, 0) is 62.2 Å². The zero-order valence-electron chi connectivity index (χ0n) is 20.5. The molecule has 0 bridgehead atoms. The summed E-state index contributed by atoms with van der Waals surface area (Å²) in [6.45, 7) is 1.74. The fourth-order valence-corrected chi connectivity index (χ4v) is 5.65. The molecule has 1 saturated carbocycles. The minimum Gasteiger partial charge on any atom is -0.478 e. The highest BCUT2D eigenvalue weighted by Gasteiger charge is 2.30. The molecule has 35 heavy (non-hydrogen) atoms. The number of aromatic carboxylic acids is 1. The molecule has 0 unspecified atom stereocenters. The summed E-state index contributed by atoms with van der Waals surface area (Å²) in [5.41, 5.74) is 6.43. The number of aromatic nitrogens is 1. The summed E-state index contributed by atoms with van der Waals surface area (Å²) in [5, 5.41) is 13.9. The predicted octanol–water partition coefficient (Wildman–Crippen LogP) is 5.13. The maximum absolute atomic E-state index is 13.3. The van der Waals surface area contributed by atoms with E-state index >= 15 is 0 Å². The first-order valence-electron chi connectivity index (χ1n) is 12.6. The van der Waals surface area contributed by atoms with Gasteiger partial charge in [0.05, 0.1) is 17.8 Å². The Balaban J connectivity index is 1.70. The quantitative estimate of drug-likeness (QED) is 0.523. The third kappa shape index (κ3) is 4.50. The molecule has 2 N–H and O–H groups in total. The highest BCUT2D eigenvalue weighted by molar-refractivity contribution is 6.03. The number of nitrogens with zero attached hydrogens (tertiary/aromatic N) is 2. The molecule has 1 aliphatic heterocycles. The highest BCUT2D eigenvalue weighted by atomic mass is 16.4. The highest BCUT2D eigenvalue weighted by Crippen LogP contribution is 2.46. The summed E-state index contributed by atoms with van der Waals surface area (Å²) in [6, 6.07) is 13.7. The van der Waals surface area contributed by atoms with Crippen molar-refractivity contribution >= 4 is 28.9 Å². The monoisotopic (exact) mass is 471 g/mol. The van der Waals surface area contributed by atoms with Crippen molar-refractivity contribution in [1.29, 1.82) is 0 Å². The smallest absolute Gasteiger partial charge is 0.335 e. The largest absolute Gasteiger partial charge is 0.478 e. The fourth-order valence-electron chi connectivity index (χ4n) is 5.65. The Morgan fingerprint density at radius 2 is 1.86 bits per heavy atom. The van der Waals surface area contributed by atoms with Crippen LogP contribution in [0.5, 0.6) is 0 Å². The van der Waals surface area contributed by atoms with Crippen LogP contribution in [0.1, 0.15) is 59.5 Å². The van der Waals surface area contributed by atoms with Crippen molar-refractivity contribution in [2.75, 3.05) is 27.2 Å². The van der Waals surface area contributed by atoms with Crippen LogP contribution in [0.3, 0.4) is 0 Å². The van der Waals surface area contributed by atoms with Crippen LogP contribution in [0, 0.1) is 0 Å². The van der Waals surface area contributed by atoms with E-state index in [1.807, 2.05) is 43.3 Å². The molecule has 182 valence electrons. The van der Waals surface area contributed by atoms with Gasteiger partial charge in [0.1, 0.15) is 0 Å². The zero-order valence-corrected chi connectivity index (χ0v) is 20.5. The zero-order chi connectivity index (χ0) is 24.5. The molecular formula is C29H33N3O3. The van der Waals surface area contributed by atoms with Gasteiger partial charge in [0.2, 0.25) is 5.91 Å². The van der Waals surface area contributed by atoms with Gasteiger partial charge in [-0.2, -0.15) is 0 Å². The van der Waals surface area contributed by atoms with Crippen molar-refractivity contribution in [2.24, 2.45) is 0 Å². The van der Waals surface area contributed by atoms with Crippen LogP contribution in [0.15, 0.2) is 48.0 Å². The summed E-state index contributed by atoms with van der Waals surface area (Å²) >= 11 is 0. The van der Waals surface area contributed by atoms with Crippen molar-refractivity contribution in [3.05, 3.63) is 64.7 Å². The van der Waals surface area contributed by atoms with Gasteiger partial charge in [-0.1, -0.05) is 49.6 Å². The van der Waals surface area contributed by atoms with Gasteiger partial charge in [-0.3, -0.25) is 4.79 Å². The van der Waals surface area contributed by atoms with Crippen molar-refractivity contribution in [2.45, 2.75) is 44.6 Å². The van der Waals surface area contributed by atoms with Crippen LogP contribution >= 0.6 is 0 Å². The van der Waals surface area contributed by atoms with E-state index in [0.717, 1.165) is 47.1 Å². The maximum atomic E-state index is 13.3. The molecule has 6 nitrogen and oxygen atoms in total. The third-order valence-electron chi connectivity index (χ3n) is 7.37. The number of fused-ring (bicyclic) bond motifs is 5. The van der Waals surface area contributed by atoms with Crippen LogP contribution in [0.4, 0.5) is 0 Å². The van der Waals surface area contributed by atoms with E-state index in [0.29, 0.717) is 24.6 Å². The minimum absolute atomic E-state index is 0.0787. The predicted molar refractivity (Wildman–Crippen MR) is 140 cm³/mol. The minimum atomic E-state index is -0.937. The number of carbonyl (C=O) groups excluding carboxylic acids is 1. The topological polar surface area (TPSA) is 74.6 Å². The fraction of sp³-hybridized carbons (Fsp3) is 0.379. The van der Waals surface area contributed by atoms with E-state index in [1.54, 1.807) is 12.1 Å². The molecule has 1 fully saturated rings. The van der Waals surface area contributed by atoms with Crippen LogP contribution in [-0.4, -0.2) is 53.6 Å². The van der Waals surface area contributed by atoms with Crippen LogP contribution in [-0.2, 0) is 11.3 Å². The summed E-state index contributed by atoms with van der Waals surface area (Å²) in [7, 11) is 3.97. The van der Waals surface area contributed by atoms with Crippen molar-refractivity contribution < 1.29 is 14.7 Å². The van der Waals surface area contributed by atoms with Gasteiger partial charge in [-0.15, -0.1) is 0 Å². The van der Waals surface area contributed by atoms with Crippen molar-refractivity contribution in [1.82, 2.24) is 14.8 Å². The summed E-state index contributed by atoms with van der Waals surface area (Å²) in [5.74, 6) is -0.584. The number of carboxylic acids is 1. The van der Waals surface area contributed by atoms with Crippen LogP contribution in [0.25, 0.3) is 28.2 Å². The first-order valence-corrected chi connectivity index (χ1v) is 12.6. The Labute approximate surface area is 206 Å². The number of carboxylic acid groups (broad SMARTS) is 1. The normalized spacial score (nSPS) is 15.9. The van der Waals surface area contributed by atoms with E-state index in [9.17, 15) is 14.7 Å². The SMILES string of the molecule is CN(C)CCNC(=O)C1=Cc2ccccc2-c2c(C3CCCCC3)c3ccc(C(=O)O)cc3n2C1. The molecule has 6 heteroatoms. The molecule has 2 heterocycles.